The minimum Gasteiger partial charge on any atom is -0.317 e. The Morgan fingerprint density at radius 1 is 1.24 bits per heavy atom. The van der Waals surface area contributed by atoms with E-state index in [9.17, 15) is 8.42 Å². The molecule has 1 N–H and O–H groups in total. The highest BCUT2D eigenvalue weighted by atomic mass is 35.5. The van der Waals surface area contributed by atoms with Crippen LogP contribution in [-0.2, 0) is 16.6 Å². The molecule has 1 aromatic heterocycles. The molecule has 0 atom stereocenters. The lowest BCUT2D eigenvalue weighted by atomic mass is 9.98. The lowest BCUT2D eigenvalue weighted by molar-refractivity contribution is 0.268. The average molecular weight is 393 g/mol. The van der Waals surface area contributed by atoms with Gasteiger partial charge in [0.1, 0.15) is 4.90 Å². The molecule has 1 fully saturated rings. The predicted octanol–water partition coefficient (Wildman–Crippen LogP) is 2.59. The summed E-state index contributed by atoms with van der Waals surface area (Å²) in [6.45, 7) is 13.9. The van der Waals surface area contributed by atoms with Crippen LogP contribution in [0.5, 0.6) is 0 Å². The molecule has 146 valence electrons. The topological polar surface area (TPSA) is 67.2 Å². The first-order chi connectivity index (χ1) is 11.3. The summed E-state index contributed by atoms with van der Waals surface area (Å²) in [5.41, 5.74) is 1.37. The van der Waals surface area contributed by atoms with Crippen LogP contribution < -0.4 is 5.32 Å². The van der Waals surface area contributed by atoms with Crippen molar-refractivity contribution in [1.82, 2.24) is 19.4 Å². The molecule has 0 aliphatic carbocycles. The number of halogens is 1. The monoisotopic (exact) mass is 392 g/mol. The van der Waals surface area contributed by atoms with Gasteiger partial charge in [0.05, 0.1) is 11.4 Å². The van der Waals surface area contributed by atoms with Crippen LogP contribution in [0, 0.1) is 25.7 Å². The van der Waals surface area contributed by atoms with E-state index in [0.29, 0.717) is 35.5 Å². The van der Waals surface area contributed by atoms with E-state index in [4.69, 9.17) is 0 Å². The maximum Gasteiger partial charge on any atom is 0.246 e. The van der Waals surface area contributed by atoms with Crippen molar-refractivity contribution < 1.29 is 8.42 Å². The number of aromatic nitrogens is 2. The van der Waals surface area contributed by atoms with Crippen molar-refractivity contribution in [2.45, 2.75) is 58.9 Å². The van der Waals surface area contributed by atoms with Gasteiger partial charge in [-0.05, 0) is 51.6 Å². The Bertz CT molecular complexity index is 650. The zero-order valence-corrected chi connectivity index (χ0v) is 17.7. The van der Waals surface area contributed by atoms with Crippen molar-refractivity contribution in [1.29, 1.82) is 0 Å². The van der Waals surface area contributed by atoms with E-state index in [-0.39, 0.29) is 12.4 Å². The van der Waals surface area contributed by atoms with E-state index in [1.807, 2.05) is 11.6 Å². The molecular weight excluding hydrogens is 360 g/mol. The fraction of sp³-hybridized carbons (Fsp3) is 0.824. The number of rotatable bonds is 7. The van der Waals surface area contributed by atoms with Crippen LogP contribution in [0.25, 0.3) is 0 Å². The number of hydrogen-bond donors (Lipinski definition) is 1. The lowest BCUT2D eigenvalue weighted by Gasteiger charge is -2.31. The number of hydrogen-bond acceptors (Lipinski definition) is 4. The molecule has 0 bridgehead atoms. The van der Waals surface area contributed by atoms with Crippen LogP contribution in [0.1, 0.15) is 45.0 Å². The second kappa shape index (κ2) is 9.35. The summed E-state index contributed by atoms with van der Waals surface area (Å²) in [4.78, 5) is 0.410. The van der Waals surface area contributed by atoms with Crippen LogP contribution in [0.3, 0.4) is 0 Å². The van der Waals surface area contributed by atoms with Crippen molar-refractivity contribution in [2.24, 2.45) is 11.8 Å². The SMILES string of the molecule is CCNCC1CCN(S(=O)(=O)c2c(C)nn(CC(C)C)c2C)CC1.Cl. The lowest BCUT2D eigenvalue weighted by Crippen LogP contribution is -2.41. The summed E-state index contributed by atoms with van der Waals surface area (Å²) in [6.07, 6.45) is 1.84. The molecule has 1 aliphatic rings. The third-order valence-corrected chi connectivity index (χ3v) is 6.86. The van der Waals surface area contributed by atoms with Gasteiger partial charge >= 0.3 is 0 Å². The molecule has 25 heavy (non-hydrogen) atoms. The van der Waals surface area contributed by atoms with Gasteiger partial charge in [-0.1, -0.05) is 20.8 Å². The number of sulfonamides is 1. The van der Waals surface area contributed by atoms with Gasteiger partial charge in [0.15, 0.2) is 0 Å². The highest BCUT2D eigenvalue weighted by Gasteiger charge is 2.33. The summed E-state index contributed by atoms with van der Waals surface area (Å²) in [5, 5.41) is 7.83. The third-order valence-electron chi connectivity index (χ3n) is 4.71. The largest absolute Gasteiger partial charge is 0.317 e. The average Bonchev–Trinajstić information content (AvgIpc) is 2.79. The highest BCUT2D eigenvalue weighted by molar-refractivity contribution is 7.89. The Kier molecular flexibility index (Phi) is 8.38. The van der Waals surface area contributed by atoms with Crippen LogP contribution >= 0.6 is 12.4 Å². The maximum absolute atomic E-state index is 13.1. The quantitative estimate of drug-likeness (QED) is 0.774. The van der Waals surface area contributed by atoms with E-state index in [1.165, 1.54) is 0 Å². The van der Waals surface area contributed by atoms with Crippen molar-refractivity contribution >= 4 is 22.4 Å². The number of piperidine rings is 1. The first-order valence-electron chi connectivity index (χ1n) is 9.02. The van der Waals surface area contributed by atoms with Gasteiger partial charge in [-0.2, -0.15) is 9.40 Å². The second-order valence-electron chi connectivity index (χ2n) is 7.23. The van der Waals surface area contributed by atoms with Crippen LogP contribution in [0.2, 0.25) is 0 Å². The van der Waals surface area contributed by atoms with Crippen LogP contribution in [-0.4, -0.2) is 48.7 Å². The van der Waals surface area contributed by atoms with E-state index in [1.54, 1.807) is 11.2 Å². The van der Waals surface area contributed by atoms with Crippen molar-refractivity contribution in [3.63, 3.8) is 0 Å². The minimum atomic E-state index is -3.45. The van der Waals surface area contributed by atoms with Gasteiger partial charge in [0, 0.05) is 19.6 Å². The highest BCUT2D eigenvalue weighted by Crippen LogP contribution is 2.27. The van der Waals surface area contributed by atoms with E-state index < -0.39 is 10.0 Å². The zero-order valence-electron chi connectivity index (χ0n) is 16.1. The van der Waals surface area contributed by atoms with Crippen molar-refractivity contribution in [2.75, 3.05) is 26.2 Å². The second-order valence-corrected chi connectivity index (χ2v) is 9.11. The summed E-state index contributed by atoms with van der Waals surface area (Å²) in [7, 11) is -3.45. The molecule has 6 nitrogen and oxygen atoms in total. The molecule has 2 heterocycles. The van der Waals surface area contributed by atoms with Crippen LogP contribution in [0.15, 0.2) is 4.90 Å². The van der Waals surface area contributed by atoms with Crippen LogP contribution in [0.4, 0.5) is 0 Å². The summed E-state index contributed by atoms with van der Waals surface area (Å²) < 4.78 is 29.7. The smallest absolute Gasteiger partial charge is 0.246 e. The number of nitrogens with one attached hydrogen (secondary N) is 1. The van der Waals surface area contributed by atoms with Gasteiger partial charge in [0.2, 0.25) is 10.0 Å². The Labute approximate surface area is 158 Å². The Balaban J connectivity index is 0.00000312. The molecule has 0 saturated carbocycles. The first-order valence-corrected chi connectivity index (χ1v) is 10.5. The third kappa shape index (κ3) is 5.18. The van der Waals surface area contributed by atoms with Gasteiger partial charge in [0.25, 0.3) is 0 Å². The van der Waals surface area contributed by atoms with E-state index in [0.717, 1.165) is 38.2 Å². The summed E-state index contributed by atoms with van der Waals surface area (Å²) >= 11 is 0. The number of aryl methyl sites for hydroxylation is 1. The molecular formula is C17H33ClN4O2S. The van der Waals surface area contributed by atoms with E-state index >= 15 is 0 Å². The molecule has 1 aromatic rings. The normalized spacial score (nSPS) is 17.0. The maximum atomic E-state index is 13.1. The van der Waals surface area contributed by atoms with Gasteiger partial charge in [-0.3, -0.25) is 4.68 Å². The standard InChI is InChI=1S/C17H32N4O2S.ClH/c1-6-18-11-16-7-9-20(10-8-16)24(22,23)17-14(4)19-21(15(17)5)12-13(2)3;/h13,16,18H,6-12H2,1-5H3;1H. The molecule has 1 saturated heterocycles. The Morgan fingerprint density at radius 3 is 2.36 bits per heavy atom. The van der Waals surface area contributed by atoms with E-state index in [2.05, 4.69) is 31.2 Å². The minimum absolute atomic E-state index is 0. The Hall–Kier alpha value is -0.630. The fourth-order valence-electron chi connectivity index (χ4n) is 3.41. The molecule has 0 aromatic carbocycles. The fourth-order valence-corrected chi connectivity index (χ4v) is 5.25. The molecule has 0 amide bonds. The molecule has 0 radical (unpaired) electrons. The zero-order chi connectivity index (χ0) is 17.9. The number of nitrogens with zero attached hydrogens (tertiary/aromatic N) is 3. The predicted molar refractivity (Wildman–Crippen MR) is 104 cm³/mol. The first kappa shape index (κ1) is 22.4. The molecule has 0 unspecified atom stereocenters. The van der Waals surface area contributed by atoms with Gasteiger partial charge in [-0.15, -0.1) is 12.4 Å². The molecule has 1 aliphatic heterocycles. The Morgan fingerprint density at radius 2 is 1.84 bits per heavy atom. The molecule has 2 rings (SSSR count). The summed E-state index contributed by atoms with van der Waals surface area (Å²) in [5.74, 6) is 1.00. The van der Waals surface area contributed by atoms with Crippen molar-refractivity contribution in [3.8, 4) is 0 Å². The summed E-state index contributed by atoms with van der Waals surface area (Å²) in [6, 6.07) is 0. The van der Waals surface area contributed by atoms with Crippen molar-refractivity contribution in [3.05, 3.63) is 11.4 Å². The van der Waals surface area contributed by atoms with Gasteiger partial charge in [-0.25, -0.2) is 8.42 Å². The molecule has 8 heteroatoms. The van der Waals surface area contributed by atoms with Gasteiger partial charge < -0.3 is 5.32 Å². The molecule has 0 spiro atoms.